The maximum absolute atomic E-state index is 4.39. The minimum Gasteiger partial charge on any atom is -0.160 e. The summed E-state index contributed by atoms with van der Waals surface area (Å²) in [5.41, 5.74) is 2.20. The molecule has 1 heterocycles. The van der Waals surface area contributed by atoms with Crippen LogP contribution in [-0.4, -0.2) is 20.2 Å². The first-order valence-electron chi connectivity index (χ1n) is 5.99. The van der Waals surface area contributed by atoms with Gasteiger partial charge in [-0.25, -0.2) is 0 Å². The summed E-state index contributed by atoms with van der Waals surface area (Å²) in [6, 6.07) is 8.17. The molecule has 18 heavy (non-hydrogen) atoms. The van der Waals surface area contributed by atoms with Crippen molar-refractivity contribution in [2.45, 2.75) is 32.7 Å². The Balaban J connectivity index is 2.13. The third-order valence-electron chi connectivity index (χ3n) is 2.66. The van der Waals surface area contributed by atoms with Crippen LogP contribution in [0.25, 0.3) is 6.08 Å². The van der Waals surface area contributed by atoms with Crippen molar-refractivity contribution >= 4 is 6.08 Å². The number of hydrogen-bond donors (Lipinski definition) is 0. The van der Waals surface area contributed by atoms with E-state index in [1.54, 1.807) is 4.80 Å². The number of rotatable bonds is 3. The highest BCUT2D eigenvalue weighted by molar-refractivity contribution is 5.47. The topological polar surface area (TPSA) is 43.6 Å². The van der Waals surface area contributed by atoms with E-state index in [4.69, 9.17) is 0 Å². The number of nitrogens with zero attached hydrogens (tertiary/aromatic N) is 4. The summed E-state index contributed by atoms with van der Waals surface area (Å²) < 4.78 is 0. The van der Waals surface area contributed by atoms with Crippen LogP contribution in [0.1, 0.15) is 37.7 Å². The molecule has 2 aromatic rings. The van der Waals surface area contributed by atoms with Crippen molar-refractivity contribution in [2.24, 2.45) is 0 Å². The molecule has 0 aliphatic heterocycles. The van der Waals surface area contributed by atoms with Gasteiger partial charge in [0.05, 0.1) is 6.54 Å². The molecule has 1 aromatic carbocycles. The van der Waals surface area contributed by atoms with E-state index in [2.05, 4.69) is 54.9 Å². The van der Waals surface area contributed by atoms with Crippen molar-refractivity contribution in [1.29, 1.82) is 0 Å². The molecular formula is C14H18N4. The van der Waals surface area contributed by atoms with Gasteiger partial charge in [0.1, 0.15) is 0 Å². The van der Waals surface area contributed by atoms with E-state index >= 15 is 0 Å². The molecule has 94 valence electrons. The molecule has 0 saturated carbocycles. The van der Waals surface area contributed by atoms with Crippen LogP contribution < -0.4 is 0 Å². The fourth-order valence-electron chi connectivity index (χ4n) is 1.53. The molecule has 0 saturated heterocycles. The minimum absolute atomic E-state index is 0.0645. The molecule has 0 aliphatic carbocycles. The largest absolute Gasteiger partial charge is 0.180 e. The fourth-order valence-corrected chi connectivity index (χ4v) is 1.53. The van der Waals surface area contributed by atoms with Gasteiger partial charge >= 0.3 is 0 Å². The van der Waals surface area contributed by atoms with Crippen molar-refractivity contribution in [3.8, 4) is 0 Å². The zero-order chi connectivity index (χ0) is 13.2. The molecule has 0 amide bonds. The summed E-state index contributed by atoms with van der Waals surface area (Å²) in [6.07, 6.45) is 1.83. The van der Waals surface area contributed by atoms with Gasteiger partial charge in [-0.05, 0) is 16.3 Å². The zero-order valence-corrected chi connectivity index (χ0v) is 11.1. The lowest BCUT2D eigenvalue weighted by Crippen LogP contribution is -2.14. The zero-order valence-electron chi connectivity index (χ0n) is 11.1. The smallest absolute Gasteiger partial charge is 0.160 e. The molecule has 4 heteroatoms. The van der Waals surface area contributed by atoms with Crippen LogP contribution in [0.3, 0.4) is 0 Å². The fraction of sp³-hybridized carbons (Fsp3) is 0.357. The molecule has 0 radical (unpaired) electrons. The molecule has 0 aliphatic rings. The van der Waals surface area contributed by atoms with Crippen LogP contribution in [0.15, 0.2) is 30.8 Å². The lowest BCUT2D eigenvalue weighted by atomic mass is 9.96. The third-order valence-corrected chi connectivity index (χ3v) is 2.66. The van der Waals surface area contributed by atoms with E-state index in [1.165, 1.54) is 0 Å². The number of hydrogen-bond acceptors (Lipinski definition) is 3. The van der Waals surface area contributed by atoms with Crippen LogP contribution in [0.2, 0.25) is 0 Å². The number of benzene rings is 1. The third kappa shape index (κ3) is 2.83. The van der Waals surface area contributed by atoms with Crippen molar-refractivity contribution in [3.63, 3.8) is 0 Å². The van der Waals surface area contributed by atoms with E-state index in [0.717, 1.165) is 17.0 Å². The summed E-state index contributed by atoms with van der Waals surface area (Å²) in [7, 11) is 0. The first-order chi connectivity index (χ1) is 8.49. The summed E-state index contributed by atoms with van der Waals surface area (Å²) in [6.45, 7) is 10.6. The minimum atomic E-state index is -0.0645. The van der Waals surface area contributed by atoms with E-state index in [0.29, 0.717) is 6.54 Å². The van der Waals surface area contributed by atoms with Crippen molar-refractivity contribution < 1.29 is 0 Å². The summed E-state index contributed by atoms with van der Waals surface area (Å²) in [4.78, 5) is 1.63. The normalized spacial score (nSPS) is 11.5. The Morgan fingerprint density at radius 3 is 2.39 bits per heavy atom. The average Bonchev–Trinajstić information content (AvgIpc) is 2.78. The molecule has 2 rings (SSSR count). The predicted molar refractivity (Wildman–Crippen MR) is 72.2 cm³/mol. The van der Waals surface area contributed by atoms with Gasteiger partial charge in [-0.1, -0.05) is 57.7 Å². The first kappa shape index (κ1) is 12.5. The van der Waals surface area contributed by atoms with Crippen molar-refractivity contribution in [3.05, 3.63) is 47.8 Å². The SMILES string of the molecule is C=Cc1ccc(Cn2nnc(C(C)(C)C)n2)cc1. The Bertz CT molecular complexity index is 532. The van der Waals surface area contributed by atoms with Crippen molar-refractivity contribution in [2.75, 3.05) is 0 Å². The molecule has 1 aromatic heterocycles. The van der Waals surface area contributed by atoms with Crippen LogP contribution in [0.5, 0.6) is 0 Å². The standard InChI is InChI=1S/C14H18N4/c1-5-11-6-8-12(9-7-11)10-18-16-13(15-17-18)14(2,3)4/h5-9H,1,10H2,2-4H3. The molecule has 0 fully saturated rings. The van der Waals surface area contributed by atoms with Gasteiger partial charge in [0.25, 0.3) is 0 Å². The highest BCUT2D eigenvalue weighted by Gasteiger charge is 2.19. The maximum Gasteiger partial charge on any atom is 0.180 e. The molecule has 0 bridgehead atoms. The van der Waals surface area contributed by atoms with E-state index < -0.39 is 0 Å². The highest BCUT2D eigenvalue weighted by atomic mass is 15.6. The monoisotopic (exact) mass is 242 g/mol. The van der Waals surface area contributed by atoms with E-state index in [-0.39, 0.29) is 5.41 Å². The second-order valence-corrected chi connectivity index (χ2v) is 5.34. The quantitative estimate of drug-likeness (QED) is 0.831. The van der Waals surface area contributed by atoms with Gasteiger partial charge in [0, 0.05) is 5.41 Å². The molecule has 0 spiro atoms. The van der Waals surface area contributed by atoms with Crippen LogP contribution in [0, 0.1) is 0 Å². The Kier molecular flexibility index (Phi) is 3.28. The number of tetrazole rings is 1. The average molecular weight is 242 g/mol. The second kappa shape index (κ2) is 4.72. The maximum atomic E-state index is 4.39. The lowest BCUT2D eigenvalue weighted by molar-refractivity contribution is 0.528. The summed E-state index contributed by atoms with van der Waals surface area (Å²) >= 11 is 0. The predicted octanol–water partition coefficient (Wildman–Crippen LogP) is 2.66. The first-order valence-corrected chi connectivity index (χ1v) is 5.99. The number of aromatic nitrogens is 4. The second-order valence-electron chi connectivity index (χ2n) is 5.34. The van der Waals surface area contributed by atoms with Gasteiger partial charge in [0.2, 0.25) is 0 Å². The summed E-state index contributed by atoms with van der Waals surface area (Å²) in [5, 5.41) is 12.6. The van der Waals surface area contributed by atoms with Gasteiger partial charge in [-0.15, -0.1) is 10.2 Å². The van der Waals surface area contributed by atoms with Gasteiger partial charge in [-0.2, -0.15) is 4.80 Å². The van der Waals surface area contributed by atoms with E-state index in [1.807, 2.05) is 18.2 Å². The Morgan fingerprint density at radius 1 is 1.22 bits per heavy atom. The van der Waals surface area contributed by atoms with Crippen LogP contribution >= 0.6 is 0 Å². The highest BCUT2D eigenvalue weighted by Crippen LogP contribution is 2.16. The molecule has 0 atom stereocenters. The van der Waals surface area contributed by atoms with Gasteiger partial charge in [0.15, 0.2) is 5.82 Å². The van der Waals surface area contributed by atoms with Crippen LogP contribution in [0.4, 0.5) is 0 Å². The van der Waals surface area contributed by atoms with Gasteiger partial charge in [-0.3, -0.25) is 0 Å². The van der Waals surface area contributed by atoms with Crippen molar-refractivity contribution in [1.82, 2.24) is 20.2 Å². The molecule has 0 unspecified atom stereocenters. The van der Waals surface area contributed by atoms with E-state index in [9.17, 15) is 0 Å². The van der Waals surface area contributed by atoms with Crippen LogP contribution in [-0.2, 0) is 12.0 Å². The lowest BCUT2D eigenvalue weighted by Gasteiger charge is -2.11. The summed E-state index contributed by atoms with van der Waals surface area (Å²) in [5.74, 6) is 0.769. The molecule has 4 nitrogen and oxygen atoms in total. The Hall–Kier alpha value is -1.97. The Labute approximate surface area is 107 Å². The van der Waals surface area contributed by atoms with Gasteiger partial charge < -0.3 is 0 Å². The molecular weight excluding hydrogens is 224 g/mol. The Morgan fingerprint density at radius 2 is 1.89 bits per heavy atom. The molecule has 0 N–H and O–H groups in total.